The van der Waals surface area contributed by atoms with Gasteiger partial charge in [-0.2, -0.15) is 0 Å². The number of hydrogen-bond donors (Lipinski definition) is 1. The van der Waals surface area contributed by atoms with Crippen molar-refractivity contribution in [3.05, 3.63) is 28.0 Å². The molecule has 1 heterocycles. The minimum atomic E-state index is -4.11. The van der Waals surface area contributed by atoms with Crippen molar-refractivity contribution in [3.63, 3.8) is 0 Å². The van der Waals surface area contributed by atoms with Gasteiger partial charge in [-0.25, -0.2) is 17.9 Å². The number of likely N-dealkylation sites (tertiary alicyclic amines) is 1. The van der Waals surface area contributed by atoms with E-state index in [9.17, 15) is 17.6 Å². The zero-order valence-electron chi connectivity index (χ0n) is 11.5. The van der Waals surface area contributed by atoms with Crippen molar-refractivity contribution in [3.8, 4) is 0 Å². The first-order chi connectivity index (χ1) is 9.75. The standard InChI is InChI=1S/C13H16BrFN2O3S/c1-2-9-4-3-5-17(9)13(18)10-6-8(15)7-11(12(10)14)21(16,19)20/h6-7,9H,2-5H2,1H3,(H2,16,19,20). The van der Waals surface area contributed by atoms with Crippen LogP contribution in [0.3, 0.4) is 0 Å². The number of carbonyl (C=O) groups is 1. The lowest BCUT2D eigenvalue weighted by atomic mass is 10.1. The summed E-state index contributed by atoms with van der Waals surface area (Å²) in [5.74, 6) is -1.19. The van der Waals surface area contributed by atoms with Gasteiger partial charge in [-0.15, -0.1) is 0 Å². The molecule has 0 spiro atoms. The maximum atomic E-state index is 13.7. The van der Waals surface area contributed by atoms with E-state index >= 15 is 0 Å². The highest BCUT2D eigenvalue weighted by Crippen LogP contribution is 2.30. The first kappa shape index (κ1) is 16.4. The Bertz CT molecular complexity index is 678. The van der Waals surface area contributed by atoms with Crippen LogP contribution in [-0.2, 0) is 10.0 Å². The van der Waals surface area contributed by atoms with E-state index in [2.05, 4.69) is 15.9 Å². The molecule has 21 heavy (non-hydrogen) atoms. The second kappa shape index (κ2) is 6.02. The Balaban J connectivity index is 2.49. The predicted molar refractivity (Wildman–Crippen MR) is 79.8 cm³/mol. The summed E-state index contributed by atoms with van der Waals surface area (Å²) in [6.07, 6.45) is 2.59. The van der Waals surface area contributed by atoms with Gasteiger partial charge in [-0.1, -0.05) is 6.92 Å². The maximum Gasteiger partial charge on any atom is 0.255 e. The number of rotatable bonds is 3. The van der Waals surface area contributed by atoms with Crippen molar-refractivity contribution in [2.45, 2.75) is 37.1 Å². The Labute approximate surface area is 131 Å². The van der Waals surface area contributed by atoms with Crippen LogP contribution >= 0.6 is 15.9 Å². The number of amides is 1. The molecule has 5 nitrogen and oxygen atoms in total. The summed E-state index contributed by atoms with van der Waals surface area (Å²) >= 11 is 3.07. The summed E-state index contributed by atoms with van der Waals surface area (Å²) in [6.45, 7) is 2.57. The molecule has 1 atom stereocenters. The van der Waals surface area contributed by atoms with E-state index in [-0.39, 0.29) is 22.0 Å². The molecular formula is C13H16BrFN2O3S. The van der Waals surface area contributed by atoms with E-state index in [4.69, 9.17) is 5.14 Å². The van der Waals surface area contributed by atoms with Crippen LogP contribution in [0.5, 0.6) is 0 Å². The molecular weight excluding hydrogens is 363 g/mol. The van der Waals surface area contributed by atoms with Gasteiger partial charge >= 0.3 is 0 Å². The number of primary sulfonamides is 1. The van der Waals surface area contributed by atoms with Gasteiger partial charge in [0.15, 0.2) is 0 Å². The maximum absolute atomic E-state index is 13.7. The molecule has 1 unspecified atom stereocenters. The summed E-state index contributed by atoms with van der Waals surface area (Å²) < 4.78 is 36.6. The summed E-state index contributed by atoms with van der Waals surface area (Å²) in [5, 5.41) is 5.05. The molecule has 0 bridgehead atoms. The number of sulfonamides is 1. The molecule has 2 rings (SSSR count). The van der Waals surface area contributed by atoms with E-state index in [1.807, 2.05) is 6.92 Å². The molecule has 1 saturated heterocycles. The van der Waals surface area contributed by atoms with Gasteiger partial charge in [-0.05, 0) is 47.3 Å². The number of nitrogens with zero attached hydrogens (tertiary/aromatic N) is 1. The molecule has 0 aliphatic carbocycles. The largest absolute Gasteiger partial charge is 0.336 e. The van der Waals surface area contributed by atoms with Gasteiger partial charge < -0.3 is 4.90 Å². The van der Waals surface area contributed by atoms with Gasteiger partial charge in [0.1, 0.15) is 5.82 Å². The van der Waals surface area contributed by atoms with Crippen molar-refractivity contribution in [2.24, 2.45) is 5.14 Å². The van der Waals surface area contributed by atoms with Crippen LogP contribution in [0.1, 0.15) is 36.5 Å². The molecule has 116 valence electrons. The van der Waals surface area contributed by atoms with Gasteiger partial charge in [0, 0.05) is 12.6 Å². The van der Waals surface area contributed by atoms with Gasteiger partial charge in [0.2, 0.25) is 10.0 Å². The highest BCUT2D eigenvalue weighted by Gasteiger charge is 2.31. The number of carbonyl (C=O) groups excluding carboxylic acids is 1. The molecule has 1 fully saturated rings. The number of benzene rings is 1. The summed E-state index contributed by atoms with van der Waals surface area (Å²) in [4.78, 5) is 13.8. The van der Waals surface area contributed by atoms with Crippen LogP contribution in [0, 0.1) is 5.82 Å². The van der Waals surface area contributed by atoms with Gasteiger partial charge in [-0.3, -0.25) is 4.79 Å². The number of hydrogen-bond acceptors (Lipinski definition) is 3. The quantitative estimate of drug-likeness (QED) is 0.875. The third-order valence-corrected chi connectivity index (χ3v) is 5.70. The number of nitrogens with two attached hydrogens (primary N) is 1. The van der Waals surface area contributed by atoms with E-state index in [1.165, 1.54) is 0 Å². The molecule has 1 aromatic rings. The van der Waals surface area contributed by atoms with Crippen LogP contribution in [0.25, 0.3) is 0 Å². The Morgan fingerprint density at radius 1 is 1.52 bits per heavy atom. The predicted octanol–water partition coefficient (Wildman–Crippen LogP) is 2.25. The second-order valence-electron chi connectivity index (χ2n) is 5.01. The Kier molecular flexibility index (Phi) is 4.69. The minimum Gasteiger partial charge on any atom is -0.336 e. The molecule has 1 aliphatic heterocycles. The summed E-state index contributed by atoms with van der Waals surface area (Å²) in [5.41, 5.74) is -0.0145. The van der Waals surface area contributed by atoms with Crippen molar-refractivity contribution >= 4 is 31.9 Å². The van der Waals surface area contributed by atoms with E-state index in [1.54, 1.807) is 4.90 Å². The fraction of sp³-hybridized carbons (Fsp3) is 0.462. The minimum absolute atomic E-state index is 0.0122. The Morgan fingerprint density at radius 3 is 2.76 bits per heavy atom. The van der Waals surface area contributed by atoms with Crippen LogP contribution in [0.2, 0.25) is 0 Å². The molecule has 2 N–H and O–H groups in total. The normalized spacial score (nSPS) is 19.0. The van der Waals surface area contributed by atoms with Crippen molar-refractivity contribution < 1.29 is 17.6 Å². The molecule has 1 aliphatic rings. The smallest absolute Gasteiger partial charge is 0.255 e. The van der Waals surface area contributed by atoms with Gasteiger partial charge in [0.25, 0.3) is 5.91 Å². The van der Waals surface area contributed by atoms with E-state index in [0.29, 0.717) is 6.54 Å². The average Bonchev–Trinajstić information content (AvgIpc) is 2.87. The Morgan fingerprint density at radius 2 is 2.19 bits per heavy atom. The fourth-order valence-electron chi connectivity index (χ4n) is 2.61. The molecule has 1 amide bonds. The zero-order valence-corrected chi connectivity index (χ0v) is 13.9. The van der Waals surface area contributed by atoms with Crippen LogP contribution < -0.4 is 5.14 Å². The van der Waals surface area contributed by atoms with E-state index in [0.717, 1.165) is 31.4 Å². The average molecular weight is 379 g/mol. The summed E-state index contributed by atoms with van der Waals surface area (Å²) in [6, 6.07) is 1.94. The third-order valence-electron chi connectivity index (χ3n) is 3.65. The topological polar surface area (TPSA) is 80.5 Å². The van der Waals surface area contributed by atoms with Crippen LogP contribution in [0.15, 0.2) is 21.5 Å². The monoisotopic (exact) mass is 378 g/mol. The first-order valence-corrected chi connectivity index (χ1v) is 8.92. The fourth-order valence-corrected chi connectivity index (χ4v) is 4.32. The highest BCUT2D eigenvalue weighted by molar-refractivity contribution is 9.10. The van der Waals surface area contributed by atoms with Crippen LogP contribution in [-0.4, -0.2) is 31.8 Å². The number of halogens is 2. The van der Waals surface area contributed by atoms with Crippen molar-refractivity contribution in [2.75, 3.05) is 6.54 Å². The van der Waals surface area contributed by atoms with Crippen LogP contribution in [0.4, 0.5) is 4.39 Å². The second-order valence-corrected chi connectivity index (χ2v) is 7.34. The molecule has 0 saturated carbocycles. The lowest BCUT2D eigenvalue weighted by Crippen LogP contribution is -2.35. The molecule has 0 aromatic heterocycles. The lowest BCUT2D eigenvalue weighted by molar-refractivity contribution is 0.0732. The SMILES string of the molecule is CCC1CCCN1C(=O)c1cc(F)cc(S(N)(=O)=O)c1Br. The zero-order chi connectivity index (χ0) is 15.8. The molecule has 8 heteroatoms. The Hall–Kier alpha value is -0.990. The lowest BCUT2D eigenvalue weighted by Gasteiger charge is -2.24. The molecule has 0 radical (unpaired) electrons. The third kappa shape index (κ3) is 3.27. The van der Waals surface area contributed by atoms with Crippen molar-refractivity contribution in [1.82, 2.24) is 4.90 Å². The first-order valence-electron chi connectivity index (χ1n) is 6.58. The van der Waals surface area contributed by atoms with Crippen molar-refractivity contribution in [1.29, 1.82) is 0 Å². The van der Waals surface area contributed by atoms with E-state index < -0.39 is 20.7 Å². The molecule has 1 aromatic carbocycles. The highest BCUT2D eigenvalue weighted by atomic mass is 79.9. The summed E-state index contributed by atoms with van der Waals surface area (Å²) in [7, 11) is -4.11. The van der Waals surface area contributed by atoms with Gasteiger partial charge in [0.05, 0.1) is 14.9 Å².